The molecule has 0 amide bonds. The summed E-state index contributed by atoms with van der Waals surface area (Å²) >= 11 is 3.23. The van der Waals surface area contributed by atoms with Crippen LogP contribution in [0.2, 0.25) is 0 Å². The summed E-state index contributed by atoms with van der Waals surface area (Å²) in [6.45, 7) is 1.82. The minimum atomic E-state index is -0.450. The third-order valence-electron chi connectivity index (χ3n) is 1.98. The van der Waals surface area contributed by atoms with E-state index in [0.29, 0.717) is 15.6 Å². The van der Waals surface area contributed by atoms with Gasteiger partial charge in [0.1, 0.15) is 4.60 Å². The number of nitro benzene ring substituents is 1. The fraction of sp³-hybridized carbons (Fsp3) is 0.111. The lowest BCUT2D eigenvalue weighted by Gasteiger charge is -2.00. The third-order valence-corrected chi connectivity index (χ3v) is 2.73. The summed E-state index contributed by atoms with van der Waals surface area (Å²) in [6, 6.07) is 4.43. The fourth-order valence-corrected chi connectivity index (χ4v) is 1.50. The second-order valence-electron chi connectivity index (χ2n) is 3.03. The normalized spacial score (nSPS) is 10.5. The molecule has 0 saturated heterocycles. The summed E-state index contributed by atoms with van der Waals surface area (Å²) in [5.74, 6) is 0. The fourth-order valence-electron chi connectivity index (χ4n) is 1.22. The van der Waals surface area contributed by atoms with Crippen LogP contribution in [0.5, 0.6) is 0 Å². The van der Waals surface area contributed by atoms with Gasteiger partial charge in [0, 0.05) is 12.1 Å². The van der Waals surface area contributed by atoms with Crippen molar-refractivity contribution in [3.8, 4) is 0 Å². The van der Waals surface area contributed by atoms with Gasteiger partial charge >= 0.3 is 0 Å². The molecule has 76 valence electrons. The first-order chi connectivity index (χ1) is 7.08. The van der Waals surface area contributed by atoms with Gasteiger partial charge in [-0.15, -0.1) is 0 Å². The van der Waals surface area contributed by atoms with Crippen molar-refractivity contribution in [2.75, 3.05) is 0 Å². The Labute approximate surface area is 93.4 Å². The van der Waals surface area contributed by atoms with Crippen LogP contribution in [-0.2, 0) is 0 Å². The minimum Gasteiger partial charge on any atom is -0.258 e. The molecule has 0 fully saturated rings. The van der Waals surface area contributed by atoms with Gasteiger partial charge in [0.25, 0.3) is 5.69 Å². The summed E-state index contributed by atoms with van der Waals surface area (Å²) in [6.07, 6.45) is 0. The number of aryl methyl sites for hydroxylation is 1. The molecule has 2 rings (SSSR count). The van der Waals surface area contributed by atoms with Gasteiger partial charge in [-0.2, -0.15) is 0 Å². The zero-order valence-corrected chi connectivity index (χ0v) is 9.35. The number of hydrogen-bond donors (Lipinski definition) is 0. The lowest BCUT2D eigenvalue weighted by atomic mass is 10.2. The highest BCUT2D eigenvalue weighted by molar-refractivity contribution is 9.10. The maximum absolute atomic E-state index is 10.5. The van der Waals surface area contributed by atoms with Crippen LogP contribution in [0.25, 0.3) is 11.0 Å². The van der Waals surface area contributed by atoms with Gasteiger partial charge in [-0.25, -0.2) is 9.97 Å². The maximum Gasteiger partial charge on any atom is 0.271 e. The Morgan fingerprint density at radius 3 is 2.73 bits per heavy atom. The molecular formula is C9H6BrN3O2. The molecule has 6 heteroatoms. The molecule has 0 aliphatic rings. The van der Waals surface area contributed by atoms with Crippen molar-refractivity contribution >= 4 is 32.7 Å². The van der Waals surface area contributed by atoms with E-state index in [-0.39, 0.29) is 5.69 Å². The zero-order valence-electron chi connectivity index (χ0n) is 7.77. The van der Waals surface area contributed by atoms with Crippen LogP contribution < -0.4 is 0 Å². The summed E-state index contributed by atoms with van der Waals surface area (Å²) in [4.78, 5) is 18.5. The minimum absolute atomic E-state index is 0.0209. The van der Waals surface area contributed by atoms with Crippen LogP contribution in [0.4, 0.5) is 5.69 Å². The second-order valence-corrected chi connectivity index (χ2v) is 3.78. The molecule has 15 heavy (non-hydrogen) atoms. The van der Waals surface area contributed by atoms with Gasteiger partial charge in [-0.1, -0.05) is 0 Å². The van der Waals surface area contributed by atoms with Crippen LogP contribution >= 0.6 is 15.9 Å². The third kappa shape index (κ3) is 1.80. The van der Waals surface area contributed by atoms with Crippen LogP contribution in [0.1, 0.15) is 5.69 Å². The summed E-state index contributed by atoms with van der Waals surface area (Å²) in [7, 11) is 0. The number of hydrogen-bond acceptors (Lipinski definition) is 4. The van der Waals surface area contributed by atoms with E-state index in [2.05, 4.69) is 25.9 Å². The first-order valence-electron chi connectivity index (χ1n) is 4.16. The first kappa shape index (κ1) is 9.97. The van der Waals surface area contributed by atoms with Crippen molar-refractivity contribution in [2.45, 2.75) is 6.92 Å². The predicted octanol–water partition coefficient (Wildman–Crippen LogP) is 2.61. The van der Waals surface area contributed by atoms with Gasteiger partial charge in [0.05, 0.1) is 21.7 Å². The highest BCUT2D eigenvalue weighted by Crippen LogP contribution is 2.21. The van der Waals surface area contributed by atoms with Crippen LogP contribution in [-0.4, -0.2) is 14.9 Å². The molecule has 0 N–H and O–H groups in total. The van der Waals surface area contributed by atoms with E-state index < -0.39 is 4.92 Å². The van der Waals surface area contributed by atoms with Gasteiger partial charge < -0.3 is 0 Å². The Kier molecular flexibility index (Phi) is 2.36. The van der Waals surface area contributed by atoms with E-state index in [1.54, 1.807) is 6.07 Å². The monoisotopic (exact) mass is 267 g/mol. The van der Waals surface area contributed by atoms with Crippen molar-refractivity contribution in [1.82, 2.24) is 9.97 Å². The standard InChI is InChI=1S/C9H6BrN3O2/c1-5-9(10)12-8-4-6(13(14)15)2-3-7(8)11-5/h2-4H,1H3. The molecule has 0 saturated carbocycles. The Morgan fingerprint density at radius 1 is 1.33 bits per heavy atom. The van der Waals surface area contributed by atoms with E-state index in [1.165, 1.54) is 12.1 Å². The average molecular weight is 268 g/mol. The molecule has 1 heterocycles. The first-order valence-corrected chi connectivity index (χ1v) is 4.95. The van der Waals surface area contributed by atoms with Gasteiger partial charge in [-0.3, -0.25) is 10.1 Å². The van der Waals surface area contributed by atoms with Gasteiger partial charge in [0.2, 0.25) is 0 Å². The molecule has 1 aromatic heterocycles. The Balaban J connectivity index is 2.72. The molecule has 2 aromatic rings. The van der Waals surface area contributed by atoms with Crippen molar-refractivity contribution < 1.29 is 4.92 Å². The number of benzene rings is 1. The summed E-state index contributed by atoms with van der Waals surface area (Å²) in [5, 5.41) is 10.5. The quantitative estimate of drug-likeness (QED) is 0.588. The average Bonchev–Trinajstić information content (AvgIpc) is 2.19. The highest BCUT2D eigenvalue weighted by atomic mass is 79.9. The Morgan fingerprint density at radius 2 is 2.07 bits per heavy atom. The van der Waals surface area contributed by atoms with Crippen molar-refractivity contribution in [1.29, 1.82) is 0 Å². The molecule has 5 nitrogen and oxygen atoms in total. The Hall–Kier alpha value is -1.56. The SMILES string of the molecule is Cc1nc2ccc([N+](=O)[O-])cc2nc1Br. The Bertz CT molecular complexity index is 556. The predicted molar refractivity (Wildman–Crippen MR) is 58.6 cm³/mol. The lowest BCUT2D eigenvalue weighted by molar-refractivity contribution is -0.384. The number of fused-ring (bicyclic) bond motifs is 1. The van der Waals surface area contributed by atoms with E-state index >= 15 is 0 Å². The number of nitro groups is 1. The number of aromatic nitrogens is 2. The molecular weight excluding hydrogens is 262 g/mol. The smallest absolute Gasteiger partial charge is 0.258 e. The van der Waals surface area contributed by atoms with E-state index in [4.69, 9.17) is 0 Å². The van der Waals surface area contributed by atoms with Crippen LogP contribution in [0.3, 0.4) is 0 Å². The molecule has 0 atom stereocenters. The van der Waals surface area contributed by atoms with Crippen molar-refractivity contribution in [3.63, 3.8) is 0 Å². The van der Waals surface area contributed by atoms with Crippen molar-refractivity contribution in [2.24, 2.45) is 0 Å². The molecule has 0 radical (unpaired) electrons. The van der Waals surface area contributed by atoms with Crippen LogP contribution in [0.15, 0.2) is 22.8 Å². The number of non-ortho nitro benzene ring substituents is 1. The molecule has 1 aromatic carbocycles. The highest BCUT2D eigenvalue weighted by Gasteiger charge is 2.09. The van der Waals surface area contributed by atoms with E-state index in [1.807, 2.05) is 6.92 Å². The number of halogens is 1. The molecule has 0 aliphatic heterocycles. The van der Waals surface area contributed by atoms with Gasteiger partial charge in [-0.05, 0) is 28.9 Å². The van der Waals surface area contributed by atoms with Gasteiger partial charge in [0.15, 0.2) is 0 Å². The van der Waals surface area contributed by atoms with Crippen LogP contribution in [0, 0.1) is 17.0 Å². The topological polar surface area (TPSA) is 68.9 Å². The van der Waals surface area contributed by atoms with E-state index in [0.717, 1.165) is 5.69 Å². The largest absolute Gasteiger partial charge is 0.271 e. The summed E-state index contributed by atoms with van der Waals surface area (Å²) < 4.78 is 0.607. The maximum atomic E-state index is 10.5. The van der Waals surface area contributed by atoms with E-state index in [9.17, 15) is 10.1 Å². The summed E-state index contributed by atoms with van der Waals surface area (Å²) in [5.41, 5.74) is 1.95. The number of rotatable bonds is 1. The molecule has 0 bridgehead atoms. The second kappa shape index (κ2) is 3.54. The molecule has 0 spiro atoms. The van der Waals surface area contributed by atoms with Crippen molar-refractivity contribution in [3.05, 3.63) is 38.6 Å². The lowest BCUT2D eigenvalue weighted by Crippen LogP contribution is -1.92. The molecule has 0 aliphatic carbocycles. The molecule has 0 unspecified atom stereocenters. The number of nitrogens with zero attached hydrogens (tertiary/aromatic N) is 3. The zero-order chi connectivity index (χ0) is 11.0.